The number of piperazine rings is 1. The van der Waals surface area contributed by atoms with Crippen LogP contribution in [-0.4, -0.2) is 74.5 Å². The largest absolute Gasteiger partial charge is 0.358 e. The first-order valence-electron chi connectivity index (χ1n) is 8.04. The van der Waals surface area contributed by atoms with Crippen molar-refractivity contribution in [1.29, 1.82) is 0 Å². The lowest BCUT2D eigenvalue weighted by atomic mass is 9.75. The SMILES string of the molecule is CCC1(C(=O)N2CCN(CC(=O)NC)CC2)CCNCC1. The third-order valence-corrected chi connectivity index (χ3v) is 5.00. The maximum Gasteiger partial charge on any atom is 0.233 e. The summed E-state index contributed by atoms with van der Waals surface area (Å²) in [5.74, 6) is 0.365. The second-order valence-corrected chi connectivity index (χ2v) is 6.13. The Morgan fingerprint density at radius 1 is 1.14 bits per heavy atom. The average molecular weight is 296 g/mol. The predicted octanol–water partition coefficient (Wildman–Crippen LogP) is -0.344. The van der Waals surface area contributed by atoms with Gasteiger partial charge in [0.15, 0.2) is 0 Å². The Hall–Kier alpha value is -1.14. The van der Waals surface area contributed by atoms with Crippen molar-refractivity contribution < 1.29 is 9.59 Å². The smallest absolute Gasteiger partial charge is 0.233 e. The van der Waals surface area contributed by atoms with Gasteiger partial charge in [-0.1, -0.05) is 6.92 Å². The molecule has 2 aliphatic heterocycles. The average Bonchev–Trinajstić information content (AvgIpc) is 2.55. The zero-order valence-electron chi connectivity index (χ0n) is 13.3. The van der Waals surface area contributed by atoms with Crippen molar-refractivity contribution in [2.45, 2.75) is 26.2 Å². The Balaban J connectivity index is 1.88. The van der Waals surface area contributed by atoms with Gasteiger partial charge in [-0.15, -0.1) is 0 Å². The molecule has 6 heteroatoms. The quantitative estimate of drug-likeness (QED) is 0.745. The molecule has 120 valence electrons. The molecule has 2 N–H and O–H groups in total. The molecular weight excluding hydrogens is 268 g/mol. The van der Waals surface area contributed by atoms with Crippen LogP contribution in [0.2, 0.25) is 0 Å². The number of piperidine rings is 1. The van der Waals surface area contributed by atoms with Crippen LogP contribution in [0.5, 0.6) is 0 Å². The van der Waals surface area contributed by atoms with Crippen molar-refractivity contribution in [3.05, 3.63) is 0 Å². The molecule has 0 aliphatic carbocycles. The summed E-state index contributed by atoms with van der Waals surface area (Å²) < 4.78 is 0. The van der Waals surface area contributed by atoms with E-state index >= 15 is 0 Å². The number of hydrogen-bond acceptors (Lipinski definition) is 4. The summed E-state index contributed by atoms with van der Waals surface area (Å²) in [6, 6.07) is 0. The fourth-order valence-electron chi connectivity index (χ4n) is 3.35. The van der Waals surface area contributed by atoms with Gasteiger partial charge >= 0.3 is 0 Å². The van der Waals surface area contributed by atoms with Gasteiger partial charge in [-0.25, -0.2) is 0 Å². The van der Waals surface area contributed by atoms with Crippen LogP contribution in [0.4, 0.5) is 0 Å². The highest BCUT2D eigenvalue weighted by atomic mass is 16.2. The minimum atomic E-state index is -0.159. The van der Waals surface area contributed by atoms with Crippen LogP contribution in [0.3, 0.4) is 0 Å². The Morgan fingerprint density at radius 2 is 1.76 bits per heavy atom. The molecule has 0 aromatic rings. The standard InChI is InChI=1S/C15H28N4O2/c1-3-15(4-6-17-7-5-15)14(21)19-10-8-18(9-11-19)12-13(20)16-2/h17H,3-12H2,1-2H3,(H,16,20). The minimum absolute atomic E-state index is 0.0400. The third kappa shape index (κ3) is 3.74. The van der Waals surface area contributed by atoms with Gasteiger partial charge in [0.1, 0.15) is 0 Å². The summed E-state index contributed by atoms with van der Waals surface area (Å²) in [5, 5.41) is 5.99. The number of likely N-dealkylation sites (N-methyl/N-ethyl adjacent to an activating group) is 1. The number of carbonyl (C=O) groups excluding carboxylic acids is 2. The summed E-state index contributed by atoms with van der Waals surface area (Å²) >= 11 is 0. The first-order valence-corrected chi connectivity index (χ1v) is 8.04. The normalized spacial score (nSPS) is 22.9. The molecule has 2 saturated heterocycles. The molecule has 0 aromatic carbocycles. The number of amides is 2. The molecule has 2 fully saturated rings. The van der Waals surface area contributed by atoms with Crippen molar-refractivity contribution in [2.24, 2.45) is 5.41 Å². The van der Waals surface area contributed by atoms with Crippen molar-refractivity contribution in [2.75, 3.05) is 52.9 Å². The fraction of sp³-hybridized carbons (Fsp3) is 0.867. The van der Waals surface area contributed by atoms with Crippen LogP contribution in [0.25, 0.3) is 0 Å². The molecule has 2 heterocycles. The van der Waals surface area contributed by atoms with Gasteiger partial charge in [0.2, 0.25) is 11.8 Å². The highest BCUT2D eigenvalue weighted by molar-refractivity contribution is 5.83. The lowest BCUT2D eigenvalue weighted by Gasteiger charge is -2.42. The summed E-state index contributed by atoms with van der Waals surface area (Å²) in [4.78, 5) is 28.4. The van der Waals surface area contributed by atoms with Crippen molar-refractivity contribution >= 4 is 11.8 Å². The summed E-state index contributed by atoms with van der Waals surface area (Å²) in [6.45, 7) is 7.50. The topological polar surface area (TPSA) is 64.7 Å². The Labute approximate surface area is 127 Å². The Kier molecular flexibility index (Phi) is 5.58. The predicted molar refractivity (Wildman–Crippen MR) is 81.9 cm³/mol. The molecule has 0 atom stereocenters. The lowest BCUT2D eigenvalue weighted by Crippen LogP contribution is -2.56. The molecule has 0 unspecified atom stereocenters. The van der Waals surface area contributed by atoms with E-state index in [1.54, 1.807) is 7.05 Å². The van der Waals surface area contributed by atoms with Crippen LogP contribution in [0.1, 0.15) is 26.2 Å². The van der Waals surface area contributed by atoms with E-state index in [4.69, 9.17) is 0 Å². The van der Waals surface area contributed by atoms with E-state index in [2.05, 4.69) is 22.5 Å². The highest BCUT2D eigenvalue weighted by Crippen LogP contribution is 2.34. The van der Waals surface area contributed by atoms with Crippen LogP contribution < -0.4 is 10.6 Å². The molecule has 0 spiro atoms. The van der Waals surface area contributed by atoms with Gasteiger partial charge in [-0.05, 0) is 32.4 Å². The number of nitrogens with one attached hydrogen (secondary N) is 2. The maximum atomic E-state index is 12.9. The first kappa shape index (κ1) is 16.2. The third-order valence-electron chi connectivity index (χ3n) is 5.00. The molecule has 6 nitrogen and oxygen atoms in total. The van der Waals surface area contributed by atoms with E-state index in [9.17, 15) is 9.59 Å². The summed E-state index contributed by atoms with van der Waals surface area (Å²) in [6.07, 6.45) is 2.81. The lowest BCUT2D eigenvalue weighted by molar-refractivity contribution is -0.146. The molecule has 0 saturated carbocycles. The van der Waals surface area contributed by atoms with E-state index < -0.39 is 0 Å². The molecule has 0 aromatic heterocycles. The Morgan fingerprint density at radius 3 is 2.29 bits per heavy atom. The van der Waals surface area contributed by atoms with Gasteiger partial charge in [0.05, 0.1) is 12.0 Å². The van der Waals surface area contributed by atoms with Crippen molar-refractivity contribution in [3.63, 3.8) is 0 Å². The fourth-order valence-corrected chi connectivity index (χ4v) is 3.35. The van der Waals surface area contributed by atoms with Gasteiger partial charge < -0.3 is 15.5 Å². The molecular formula is C15H28N4O2. The summed E-state index contributed by atoms with van der Waals surface area (Å²) in [7, 11) is 1.66. The number of hydrogen-bond donors (Lipinski definition) is 2. The summed E-state index contributed by atoms with van der Waals surface area (Å²) in [5.41, 5.74) is -0.159. The zero-order valence-corrected chi connectivity index (χ0v) is 13.3. The van der Waals surface area contributed by atoms with Crippen LogP contribution in [0.15, 0.2) is 0 Å². The Bertz CT molecular complexity index is 372. The molecule has 2 aliphatic rings. The molecule has 2 amide bonds. The van der Waals surface area contributed by atoms with Crippen molar-refractivity contribution in [1.82, 2.24) is 20.4 Å². The van der Waals surface area contributed by atoms with Crippen LogP contribution in [0, 0.1) is 5.41 Å². The van der Waals surface area contributed by atoms with Crippen molar-refractivity contribution in [3.8, 4) is 0 Å². The molecule has 21 heavy (non-hydrogen) atoms. The second kappa shape index (κ2) is 7.22. The number of nitrogens with zero attached hydrogens (tertiary/aromatic N) is 2. The van der Waals surface area contributed by atoms with E-state index in [1.807, 2.05) is 4.90 Å². The molecule has 0 radical (unpaired) electrons. The number of carbonyl (C=O) groups is 2. The van der Waals surface area contributed by atoms with Crippen LogP contribution >= 0.6 is 0 Å². The molecule has 2 rings (SSSR count). The van der Waals surface area contributed by atoms with E-state index in [0.717, 1.165) is 58.5 Å². The van der Waals surface area contributed by atoms with E-state index in [-0.39, 0.29) is 11.3 Å². The zero-order chi connectivity index (χ0) is 15.3. The maximum absolute atomic E-state index is 12.9. The monoisotopic (exact) mass is 296 g/mol. The van der Waals surface area contributed by atoms with Gasteiger partial charge in [-0.2, -0.15) is 0 Å². The number of rotatable bonds is 4. The van der Waals surface area contributed by atoms with E-state index in [1.165, 1.54) is 0 Å². The first-order chi connectivity index (χ1) is 10.1. The second-order valence-electron chi connectivity index (χ2n) is 6.13. The highest BCUT2D eigenvalue weighted by Gasteiger charge is 2.41. The van der Waals surface area contributed by atoms with Gasteiger partial charge in [0, 0.05) is 33.2 Å². The minimum Gasteiger partial charge on any atom is -0.358 e. The van der Waals surface area contributed by atoms with E-state index in [0.29, 0.717) is 12.5 Å². The van der Waals surface area contributed by atoms with Gasteiger partial charge in [-0.3, -0.25) is 14.5 Å². The molecule has 0 bridgehead atoms. The van der Waals surface area contributed by atoms with Crippen LogP contribution in [-0.2, 0) is 9.59 Å². The van der Waals surface area contributed by atoms with Gasteiger partial charge in [0.25, 0.3) is 0 Å².